The van der Waals surface area contributed by atoms with Gasteiger partial charge in [-0.3, -0.25) is 19.3 Å². The van der Waals surface area contributed by atoms with Gasteiger partial charge in [0, 0.05) is 6.54 Å². The molecule has 0 aromatic heterocycles. The first-order chi connectivity index (χ1) is 13.0. The van der Waals surface area contributed by atoms with Crippen molar-refractivity contribution in [2.45, 2.75) is 26.4 Å². The van der Waals surface area contributed by atoms with Gasteiger partial charge in [0.1, 0.15) is 6.04 Å². The summed E-state index contributed by atoms with van der Waals surface area (Å²) in [6.07, 6.45) is 0. The molecule has 1 N–H and O–H groups in total. The van der Waals surface area contributed by atoms with Crippen molar-refractivity contribution in [1.82, 2.24) is 10.2 Å². The SMILES string of the molecule is Cc1ccc2c(c1)C(=O)N(C(C)C(=O)NCc1ccc3c(c1)OCO3)C2=O. The summed E-state index contributed by atoms with van der Waals surface area (Å²) in [7, 11) is 0. The van der Waals surface area contributed by atoms with Crippen LogP contribution in [0.3, 0.4) is 0 Å². The van der Waals surface area contributed by atoms with Crippen LogP contribution < -0.4 is 14.8 Å². The predicted molar refractivity (Wildman–Crippen MR) is 95.6 cm³/mol. The molecule has 2 heterocycles. The molecule has 0 aliphatic carbocycles. The number of hydrogen-bond acceptors (Lipinski definition) is 5. The lowest BCUT2D eigenvalue weighted by atomic mass is 10.1. The molecule has 1 unspecified atom stereocenters. The van der Waals surface area contributed by atoms with Gasteiger partial charge in [-0.1, -0.05) is 17.7 Å². The fourth-order valence-electron chi connectivity index (χ4n) is 3.23. The molecule has 0 bridgehead atoms. The van der Waals surface area contributed by atoms with E-state index in [4.69, 9.17) is 9.47 Å². The molecule has 27 heavy (non-hydrogen) atoms. The third kappa shape index (κ3) is 2.91. The average molecular weight is 366 g/mol. The number of fused-ring (bicyclic) bond motifs is 2. The number of amides is 3. The Morgan fingerprint density at radius 3 is 2.63 bits per heavy atom. The van der Waals surface area contributed by atoms with E-state index in [-0.39, 0.29) is 13.3 Å². The molecule has 2 aromatic rings. The van der Waals surface area contributed by atoms with Crippen LogP contribution in [0.1, 0.15) is 38.8 Å². The number of carbonyl (C=O) groups is 3. The third-order valence-electron chi connectivity index (χ3n) is 4.74. The number of nitrogens with one attached hydrogen (secondary N) is 1. The number of hydrogen-bond donors (Lipinski definition) is 1. The molecule has 2 aliphatic heterocycles. The third-order valence-corrected chi connectivity index (χ3v) is 4.74. The molecule has 0 saturated carbocycles. The van der Waals surface area contributed by atoms with Crippen LogP contribution in [0.4, 0.5) is 0 Å². The van der Waals surface area contributed by atoms with Crippen molar-refractivity contribution >= 4 is 17.7 Å². The maximum absolute atomic E-state index is 12.6. The van der Waals surface area contributed by atoms with Gasteiger partial charge < -0.3 is 14.8 Å². The predicted octanol–water partition coefficient (Wildman–Crippen LogP) is 2.02. The minimum Gasteiger partial charge on any atom is -0.454 e. The van der Waals surface area contributed by atoms with E-state index in [1.807, 2.05) is 13.0 Å². The summed E-state index contributed by atoms with van der Waals surface area (Å²) in [6.45, 7) is 3.83. The van der Waals surface area contributed by atoms with Crippen LogP contribution >= 0.6 is 0 Å². The number of nitrogens with zero attached hydrogens (tertiary/aromatic N) is 1. The van der Waals surface area contributed by atoms with Gasteiger partial charge in [-0.05, 0) is 43.7 Å². The molecule has 7 heteroatoms. The Balaban J connectivity index is 1.45. The number of rotatable bonds is 4. The zero-order valence-electron chi connectivity index (χ0n) is 14.9. The van der Waals surface area contributed by atoms with Gasteiger partial charge in [0.2, 0.25) is 12.7 Å². The maximum atomic E-state index is 12.6. The van der Waals surface area contributed by atoms with Crippen LogP contribution in [-0.4, -0.2) is 35.5 Å². The lowest BCUT2D eigenvalue weighted by Crippen LogP contribution is -2.47. The van der Waals surface area contributed by atoms with Gasteiger partial charge >= 0.3 is 0 Å². The Kier molecular flexibility index (Phi) is 4.07. The van der Waals surface area contributed by atoms with Crippen LogP contribution in [0.2, 0.25) is 0 Å². The Hall–Kier alpha value is -3.35. The Morgan fingerprint density at radius 1 is 1.07 bits per heavy atom. The summed E-state index contributed by atoms with van der Waals surface area (Å²) in [5.41, 5.74) is 2.39. The van der Waals surface area contributed by atoms with E-state index in [0.29, 0.717) is 22.6 Å². The molecule has 0 saturated heterocycles. The normalized spacial score (nSPS) is 15.7. The monoisotopic (exact) mass is 366 g/mol. The minimum atomic E-state index is -0.910. The number of imide groups is 1. The highest BCUT2D eigenvalue weighted by atomic mass is 16.7. The van der Waals surface area contributed by atoms with Crippen molar-refractivity contribution in [3.8, 4) is 11.5 Å². The molecular formula is C20H18N2O5. The van der Waals surface area contributed by atoms with Crippen molar-refractivity contribution in [2.75, 3.05) is 6.79 Å². The van der Waals surface area contributed by atoms with E-state index in [9.17, 15) is 14.4 Å². The first-order valence-corrected chi connectivity index (χ1v) is 8.60. The van der Waals surface area contributed by atoms with Gasteiger partial charge in [-0.15, -0.1) is 0 Å². The fourth-order valence-corrected chi connectivity index (χ4v) is 3.23. The summed E-state index contributed by atoms with van der Waals surface area (Å²) in [4.78, 5) is 38.7. The Labute approximate surface area is 155 Å². The highest BCUT2D eigenvalue weighted by Crippen LogP contribution is 2.32. The lowest BCUT2D eigenvalue weighted by Gasteiger charge is -2.21. The zero-order valence-corrected chi connectivity index (χ0v) is 14.9. The standard InChI is InChI=1S/C20H18N2O5/c1-11-3-5-14-15(7-11)20(25)22(19(14)24)12(2)18(23)21-9-13-4-6-16-17(8-13)27-10-26-16/h3-8,12H,9-10H2,1-2H3,(H,21,23). The molecule has 0 fully saturated rings. The van der Waals surface area contributed by atoms with Crippen molar-refractivity contribution in [1.29, 1.82) is 0 Å². The van der Waals surface area contributed by atoms with Crippen molar-refractivity contribution < 1.29 is 23.9 Å². The van der Waals surface area contributed by atoms with E-state index in [1.165, 1.54) is 0 Å². The molecular weight excluding hydrogens is 348 g/mol. The second-order valence-corrected chi connectivity index (χ2v) is 6.61. The summed E-state index contributed by atoms with van der Waals surface area (Å²) in [5.74, 6) is 0.00864. The van der Waals surface area contributed by atoms with Crippen LogP contribution in [0.25, 0.3) is 0 Å². The summed E-state index contributed by atoms with van der Waals surface area (Å²) < 4.78 is 10.6. The molecule has 3 amide bonds. The lowest BCUT2D eigenvalue weighted by molar-refractivity contribution is -0.124. The van der Waals surface area contributed by atoms with Gasteiger partial charge in [0.15, 0.2) is 11.5 Å². The first kappa shape index (κ1) is 17.1. The number of aryl methyl sites for hydroxylation is 1. The molecule has 1 atom stereocenters. The largest absolute Gasteiger partial charge is 0.454 e. The smallest absolute Gasteiger partial charge is 0.262 e. The molecule has 4 rings (SSSR count). The van der Waals surface area contributed by atoms with Crippen LogP contribution in [-0.2, 0) is 11.3 Å². The fraction of sp³-hybridized carbons (Fsp3) is 0.250. The molecule has 2 aliphatic rings. The van der Waals surface area contributed by atoms with Gasteiger partial charge in [-0.25, -0.2) is 0 Å². The van der Waals surface area contributed by atoms with Gasteiger partial charge in [0.25, 0.3) is 11.8 Å². The topological polar surface area (TPSA) is 84.9 Å². The van der Waals surface area contributed by atoms with Gasteiger partial charge in [0.05, 0.1) is 11.1 Å². The second-order valence-electron chi connectivity index (χ2n) is 6.61. The zero-order chi connectivity index (χ0) is 19.1. The Morgan fingerprint density at radius 2 is 1.81 bits per heavy atom. The van der Waals surface area contributed by atoms with Crippen molar-refractivity contribution in [3.63, 3.8) is 0 Å². The highest BCUT2D eigenvalue weighted by molar-refractivity contribution is 6.22. The first-order valence-electron chi connectivity index (χ1n) is 8.60. The second kappa shape index (κ2) is 6.42. The van der Waals surface area contributed by atoms with Crippen LogP contribution in [0, 0.1) is 6.92 Å². The van der Waals surface area contributed by atoms with Crippen LogP contribution in [0.5, 0.6) is 11.5 Å². The number of carbonyl (C=O) groups excluding carboxylic acids is 3. The van der Waals surface area contributed by atoms with E-state index >= 15 is 0 Å². The number of benzene rings is 2. The van der Waals surface area contributed by atoms with Crippen molar-refractivity contribution in [3.05, 3.63) is 58.7 Å². The molecule has 0 radical (unpaired) electrons. The Bertz CT molecular complexity index is 969. The molecule has 0 spiro atoms. The average Bonchev–Trinajstić information content (AvgIpc) is 3.22. The quantitative estimate of drug-likeness (QED) is 0.837. The van der Waals surface area contributed by atoms with Crippen molar-refractivity contribution in [2.24, 2.45) is 0 Å². The van der Waals surface area contributed by atoms with Gasteiger partial charge in [-0.2, -0.15) is 0 Å². The number of ether oxygens (including phenoxy) is 2. The summed E-state index contributed by atoms with van der Waals surface area (Å²) in [5, 5.41) is 2.76. The molecule has 2 aromatic carbocycles. The van der Waals surface area contributed by atoms with E-state index in [2.05, 4.69) is 5.32 Å². The van der Waals surface area contributed by atoms with E-state index in [0.717, 1.165) is 16.0 Å². The minimum absolute atomic E-state index is 0.182. The van der Waals surface area contributed by atoms with E-state index in [1.54, 1.807) is 37.3 Å². The molecule has 138 valence electrons. The summed E-state index contributed by atoms with van der Waals surface area (Å²) in [6, 6.07) is 9.56. The van der Waals surface area contributed by atoms with E-state index < -0.39 is 23.8 Å². The maximum Gasteiger partial charge on any atom is 0.262 e. The summed E-state index contributed by atoms with van der Waals surface area (Å²) >= 11 is 0. The van der Waals surface area contributed by atoms with Crippen LogP contribution in [0.15, 0.2) is 36.4 Å². The molecule has 7 nitrogen and oxygen atoms in total. The highest BCUT2D eigenvalue weighted by Gasteiger charge is 2.40.